The second kappa shape index (κ2) is 4.90. The number of aromatic nitrogens is 1. The molecule has 2 rings (SSSR count). The highest BCUT2D eigenvalue weighted by atomic mass is 32.1. The number of pyridine rings is 1. The standard InChI is InChI=1S/C12H13N3S/c13-11-7-14-6-5-12(11)15-10-3-1-9(8-16)2-4-10/h1-7,16H,8,13H2,(H,14,15). The fourth-order valence-electron chi connectivity index (χ4n) is 1.37. The van der Waals surface area contributed by atoms with Crippen LogP contribution >= 0.6 is 12.6 Å². The maximum atomic E-state index is 5.79. The molecule has 0 saturated carbocycles. The highest BCUT2D eigenvalue weighted by Gasteiger charge is 1.98. The zero-order chi connectivity index (χ0) is 11.4. The average Bonchev–Trinajstić information content (AvgIpc) is 2.33. The number of thiol groups is 1. The maximum Gasteiger partial charge on any atom is 0.0739 e. The van der Waals surface area contributed by atoms with Crippen LogP contribution in [0.25, 0.3) is 0 Å². The monoisotopic (exact) mass is 231 g/mol. The van der Waals surface area contributed by atoms with Gasteiger partial charge in [0, 0.05) is 17.6 Å². The second-order valence-electron chi connectivity index (χ2n) is 3.44. The van der Waals surface area contributed by atoms with Crippen molar-refractivity contribution < 1.29 is 0 Å². The van der Waals surface area contributed by atoms with Gasteiger partial charge < -0.3 is 11.1 Å². The largest absolute Gasteiger partial charge is 0.396 e. The fourth-order valence-corrected chi connectivity index (χ4v) is 1.58. The lowest BCUT2D eigenvalue weighted by Crippen LogP contribution is -1.96. The summed E-state index contributed by atoms with van der Waals surface area (Å²) in [6, 6.07) is 9.93. The summed E-state index contributed by atoms with van der Waals surface area (Å²) in [5.74, 6) is 0.748. The molecular weight excluding hydrogens is 218 g/mol. The number of nitrogen functional groups attached to an aromatic ring is 1. The van der Waals surface area contributed by atoms with Crippen LogP contribution < -0.4 is 11.1 Å². The number of hydrogen-bond donors (Lipinski definition) is 3. The molecule has 0 unspecified atom stereocenters. The van der Waals surface area contributed by atoms with E-state index in [-0.39, 0.29) is 0 Å². The van der Waals surface area contributed by atoms with Crippen LogP contribution in [0.15, 0.2) is 42.7 Å². The quantitative estimate of drug-likeness (QED) is 0.712. The van der Waals surface area contributed by atoms with Crippen molar-refractivity contribution in [3.63, 3.8) is 0 Å². The Bertz CT molecular complexity index is 468. The molecule has 0 amide bonds. The molecule has 0 aliphatic carbocycles. The van der Waals surface area contributed by atoms with Gasteiger partial charge in [-0.15, -0.1) is 0 Å². The summed E-state index contributed by atoms with van der Waals surface area (Å²) in [6.45, 7) is 0. The molecule has 2 aromatic rings. The van der Waals surface area contributed by atoms with Crippen LogP contribution in [0.2, 0.25) is 0 Å². The third-order valence-electron chi connectivity index (χ3n) is 2.27. The topological polar surface area (TPSA) is 50.9 Å². The lowest BCUT2D eigenvalue weighted by molar-refractivity contribution is 1.33. The van der Waals surface area contributed by atoms with Crippen LogP contribution in [0.3, 0.4) is 0 Å². The summed E-state index contributed by atoms with van der Waals surface area (Å²) in [7, 11) is 0. The van der Waals surface area contributed by atoms with Crippen molar-refractivity contribution in [1.29, 1.82) is 0 Å². The van der Waals surface area contributed by atoms with E-state index in [0.717, 1.165) is 17.1 Å². The summed E-state index contributed by atoms with van der Waals surface area (Å²) in [5.41, 5.74) is 9.49. The van der Waals surface area contributed by atoms with Gasteiger partial charge in [0.25, 0.3) is 0 Å². The molecule has 0 aliphatic heterocycles. The predicted molar refractivity (Wildman–Crippen MR) is 71.1 cm³/mol. The highest BCUT2D eigenvalue weighted by Crippen LogP contribution is 2.21. The molecule has 0 radical (unpaired) electrons. The number of rotatable bonds is 3. The lowest BCUT2D eigenvalue weighted by atomic mass is 10.2. The zero-order valence-corrected chi connectivity index (χ0v) is 9.61. The van der Waals surface area contributed by atoms with E-state index in [4.69, 9.17) is 5.73 Å². The van der Waals surface area contributed by atoms with Crippen molar-refractivity contribution in [2.75, 3.05) is 11.1 Å². The van der Waals surface area contributed by atoms with Gasteiger partial charge in [-0.2, -0.15) is 12.6 Å². The summed E-state index contributed by atoms with van der Waals surface area (Å²) in [5, 5.41) is 3.23. The van der Waals surface area contributed by atoms with Gasteiger partial charge >= 0.3 is 0 Å². The molecule has 0 saturated heterocycles. The number of nitrogens with zero attached hydrogens (tertiary/aromatic N) is 1. The molecule has 82 valence electrons. The number of anilines is 3. The molecule has 0 aliphatic rings. The first-order valence-corrected chi connectivity index (χ1v) is 5.59. The van der Waals surface area contributed by atoms with Crippen molar-refractivity contribution in [3.8, 4) is 0 Å². The first kappa shape index (κ1) is 10.8. The van der Waals surface area contributed by atoms with E-state index in [9.17, 15) is 0 Å². The van der Waals surface area contributed by atoms with Gasteiger partial charge in [0.05, 0.1) is 17.6 Å². The minimum atomic E-state index is 0.640. The van der Waals surface area contributed by atoms with Crippen molar-refractivity contribution in [2.45, 2.75) is 5.75 Å². The molecule has 3 N–H and O–H groups in total. The van der Waals surface area contributed by atoms with Gasteiger partial charge in [-0.25, -0.2) is 0 Å². The van der Waals surface area contributed by atoms with Crippen LogP contribution in [0.5, 0.6) is 0 Å². The van der Waals surface area contributed by atoms with Gasteiger partial charge in [0.15, 0.2) is 0 Å². The van der Waals surface area contributed by atoms with Crippen molar-refractivity contribution >= 4 is 29.7 Å². The Balaban J connectivity index is 2.18. The summed E-state index contributed by atoms with van der Waals surface area (Å²) in [6.07, 6.45) is 3.34. The van der Waals surface area contributed by atoms with E-state index < -0.39 is 0 Å². The van der Waals surface area contributed by atoms with Crippen molar-refractivity contribution in [2.24, 2.45) is 0 Å². The smallest absolute Gasteiger partial charge is 0.0739 e. The van der Waals surface area contributed by atoms with Gasteiger partial charge in [0.2, 0.25) is 0 Å². The fraction of sp³-hybridized carbons (Fsp3) is 0.0833. The van der Waals surface area contributed by atoms with Crippen molar-refractivity contribution in [1.82, 2.24) is 4.98 Å². The Morgan fingerprint density at radius 3 is 2.56 bits per heavy atom. The number of nitrogens with one attached hydrogen (secondary N) is 1. The SMILES string of the molecule is Nc1cnccc1Nc1ccc(CS)cc1. The molecule has 4 heteroatoms. The molecule has 0 atom stereocenters. The molecule has 1 aromatic carbocycles. The van der Waals surface area contributed by atoms with E-state index in [1.54, 1.807) is 12.4 Å². The summed E-state index contributed by atoms with van der Waals surface area (Å²) in [4.78, 5) is 3.94. The third kappa shape index (κ3) is 2.46. The summed E-state index contributed by atoms with van der Waals surface area (Å²) >= 11 is 4.21. The first-order valence-electron chi connectivity index (χ1n) is 4.96. The summed E-state index contributed by atoms with van der Waals surface area (Å²) < 4.78 is 0. The Kier molecular flexibility index (Phi) is 3.31. The van der Waals surface area contributed by atoms with Gasteiger partial charge in [-0.05, 0) is 23.8 Å². The maximum absolute atomic E-state index is 5.79. The third-order valence-corrected chi connectivity index (χ3v) is 2.63. The zero-order valence-electron chi connectivity index (χ0n) is 8.72. The van der Waals surface area contributed by atoms with E-state index in [1.165, 1.54) is 5.56 Å². The Morgan fingerprint density at radius 2 is 1.94 bits per heavy atom. The predicted octanol–water partition coefficient (Wildman–Crippen LogP) is 2.84. The average molecular weight is 231 g/mol. The van der Waals surface area contributed by atoms with Crippen LogP contribution in [-0.2, 0) is 5.75 Å². The van der Waals surface area contributed by atoms with Crippen LogP contribution in [0.1, 0.15) is 5.56 Å². The Hall–Kier alpha value is -1.68. The van der Waals surface area contributed by atoms with Crippen LogP contribution in [0, 0.1) is 0 Å². The lowest BCUT2D eigenvalue weighted by Gasteiger charge is -2.08. The molecule has 3 nitrogen and oxygen atoms in total. The second-order valence-corrected chi connectivity index (χ2v) is 3.76. The van der Waals surface area contributed by atoms with E-state index in [1.807, 2.05) is 30.3 Å². The van der Waals surface area contributed by atoms with Crippen LogP contribution in [-0.4, -0.2) is 4.98 Å². The minimum Gasteiger partial charge on any atom is -0.396 e. The molecule has 0 spiro atoms. The molecule has 0 bridgehead atoms. The normalized spacial score (nSPS) is 10.1. The van der Waals surface area contributed by atoms with E-state index in [0.29, 0.717) is 5.69 Å². The van der Waals surface area contributed by atoms with E-state index in [2.05, 4.69) is 22.9 Å². The Labute approximate surface area is 100 Å². The molecule has 0 fully saturated rings. The number of hydrogen-bond acceptors (Lipinski definition) is 4. The Morgan fingerprint density at radius 1 is 1.19 bits per heavy atom. The highest BCUT2D eigenvalue weighted by molar-refractivity contribution is 7.79. The van der Waals surface area contributed by atoms with Gasteiger partial charge in [0.1, 0.15) is 0 Å². The van der Waals surface area contributed by atoms with Gasteiger partial charge in [-0.3, -0.25) is 4.98 Å². The van der Waals surface area contributed by atoms with Crippen LogP contribution in [0.4, 0.5) is 17.1 Å². The van der Waals surface area contributed by atoms with Crippen molar-refractivity contribution in [3.05, 3.63) is 48.3 Å². The molecular formula is C12H13N3S. The first-order chi connectivity index (χ1) is 7.79. The molecule has 1 aromatic heterocycles. The molecule has 16 heavy (non-hydrogen) atoms. The van der Waals surface area contributed by atoms with Gasteiger partial charge in [-0.1, -0.05) is 12.1 Å². The number of nitrogens with two attached hydrogens (primary N) is 1. The number of benzene rings is 1. The van der Waals surface area contributed by atoms with E-state index >= 15 is 0 Å². The molecule has 1 heterocycles. The minimum absolute atomic E-state index is 0.640.